The number of halogens is 1. The summed E-state index contributed by atoms with van der Waals surface area (Å²) in [4.78, 5) is 26.0. The molecule has 5 nitrogen and oxygen atoms in total. The molecule has 86 valence electrons. The molecule has 0 radical (unpaired) electrons. The summed E-state index contributed by atoms with van der Waals surface area (Å²) in [6.07, 6.45) is 1.65. The first kappa shape index (κ1) is 12.4. The predicted molar refractivity (Wildman–Crippen MR) is 58.4 cm³/mol. The molecule has 16 heavy (non-hydrogen) atoms. The second kappa shape index (κ2) is 5.46. The molecule has 1 unspecified atom stereocenters. The van der Waals surface area contributed by atoms with E-state index in [4.69, 9.17) is 16.7 Å². The number of hydrogen-bond donors (Lipinski definition) is 2. The maximum atomic E-state index is 11.5. The molecule has 0 aromatic carbocycles. The predicted octanol–water partition coefficient (Wildman–Crippen LogP) is 1.33. The Hall–Kier alpha value is -1.62. The first-order valence-corrected chi connectivity index (χ1v) is 5.07. The second-order valence-electron chi connectivity index (χ2n) is 3.13. The SMILES string of the molecule is CCC(NC(=O)c1ccc(Cl)cn1)C(=O)O. The molecule has 0 aliphatic carbocycles. The van der Waals surface area contributed by atoms with Crippen molar-refractivity contribution < 1.29 is 14.7 Å². The van der Waals surface area contributed by atoms with Gasteiger partial charge in [0.05, 0.1) is 5.02 Å². The molecule has 0 saturated carbocycles. The molecule has 1 aromatic heterocycles. The van der Waals surface area contributed by atoms with Crippen LogP contribution >= 0.6 is 11.6 Å². The lowest BCUT2D eigenvalue weighted by atomic mass is 10.2. The van der Waals surface area contributed by atoms with Crippen LogP contribution in [0.2, 0.25) is 5.02 Å². The first-order valence-electron chi connectivity index (χ1n) is 4.69. The fourth-order valence-corrected chi connectivity index (χ4v) is 1.19. The summed E-state index contributed by atoms with van der Waals surface area (Å²) in [5, 5.41) is 11.5. The smallest absolute Gasteiger partial charge is 0.326 e. The van der Waals surface area contributed by atoms with Crippen LogP contribution in [0, 0.1) is 0 Å². The van der Waals surface area contributed by atoms with E-state index in [2.05, 4.69) is 10.3 Å². The molecular weight excluding hydrogens is 232 g/mol. The van der Waals surface area contributed by atoms with Gasteiger partial charge in [-0.15, -0.1) is 0 Å². The third-order valence-electron chi connectivity index (χ3n) is 1.97. The van der Waals surface area contributed by atoms with Crippen LogP contribution in [0.15, 0.2) is 18.3 Å². The molecule has 1 heterocycles. The highest BCUT2D eigenvalue weighted by molar-refractivity contribution is 6.30. The summed E-state index contributed by atoms with van der Waals surface area (Å²) in [7, 11) is 0. The van der Waals surface area contributed by atoms with Crippen LogP contribution < -0.4 is 5.32 Å². The number of carboxylic acids is 1. The molecule has 1 atom stereocenters. The third kappa shape index (κ3) is 3.20. The van der Waals surface area contributed by atoms with E-state index in [1.54, 1.807) is 6.92 Å². The van der Waals surface area contributed by atoms with Crippen molar-refractivity contribution in [3.63, 3.8) is 0 Å². The van der Waals surface area contributed by atoms with Gasteiger partial charge in [-0.1, -0.05) is 18.5 Å². The van der Waals surface area contributed by atoms with Crippen LogP contribution in [0.25, 0.3) is 0 Å². The summed E-state index contributed by atoms with van der Waals surface area (Å²) >= 11 is 5.61. The zero-order valence-corrected chi connectivity index (χ0v) is 9.36. The minimum absolute atomic E-state index is 0.143. The Labute approximate surface area is 97.4 Å². The van der Waals surface area contributed by atoms with E-state index in [-0.39, 0.29) is 5.69 Å². The zero-order chi connectivity index (χ0) is 12.1. The van der Waals surface area contributed by atoms with Gasteiger partial charge in [0.25, 0.3) is 5.91 Å². The van der Waals surface area contributed by atoms with Gasteiger partial charge >= 0.3 is 5.97 Å². The fraction of sp³-hybridized carbons (Fsp3) is 0.300. The minimum atomic E-state index is -1.06. The largest absolute Gasteiger partial charge is 0.480 e. The van der Waals surface area contributed by atoms with E-state index < -0.39 is 17.9 Å². The highest BCUT2D eigenvalue weighted by Crippen LogP contribution is 2.06. The highest BCUT2D eigenvalue weighted by Gasteiger charge is 2.18. The lowest BCUT2D eigenvalue weighted by molar-refractivity contribution is -0.139. The molecular formula is C10H11ClN2O3. The second-order valence-corrected chi connectivity index (χ2v) is 3.57. The van der Waals surface area contributed by atoms with Crippen LogP contribution in [0.5, 0.6) is 0 Å². The lowest BCUT2D eigenvalue weighted by Gasteiger charge is -2.11. The summed E-state index contributed by atoms with van der Waals surface area (Å²) in [6.45, 7) is 1.67. The van der Waals surface area contributed by atoms with E-state index in [9.17, 15) is 9.59 Å². The Morgan fingerprint density at radius 2 is 2.25 bits per heavy atom. The van der Waals surface area contributed by atoms with Crippen LogP contribution in [0.3, 0.4) is 0 Å². The van der Waals surface area contributed by atoms with Gasteiger partial charge in [0.2, 0.25) is 0 Å². The van der Waals surface area contributed by atoms with Gasteiger partial charge in [0, 0.05) is 6.20 Å². The Morgan fingerprint density at radius 1 is 1.56 bits per heavy atom. The topological polar surface area (TPSA) is 79.3 Å². The molecule has 0 saturated heterocycles. The molecule has 2 N–H and O–H groups in total. The van der Waals surface area contributed by atoms with Crippen molar-refractivity contribution in [3.8, 4) is 0 Å². The van der Waals surface area contributed by atoms with Crippen molar-refractivity contribution in [2.24, 2.45) is 0 Å². The normalized spacial score (nSPS) is 11.9. The van der Waals surface area contributed by atoms with Gasteiger partial charge in [-0.25, -0.2) is 9.78 Å². The zero-order valence-electron chi connectivity index (χ0n) is 8.61. The van der Waals surface area contributed by atoms with Crippen molar-refractivity contribution in [2.75, 3.05) is 0 Å². The number of amides is 1. The molecule has 0 aliphatic rings. The number of nitrogens with zero attached hydrogens (tertiary/aromatic N) is 1. The van der Waals surface area contributed by atoms with E-state index >= 15 is 0 Å². The fourth-order valence-electron chi connectivity index (χ4n) is 1.08. The maximum absolute atomic E-state index is 11.5. The summed E-state index contributed by atoms with van der Waals surface area (Å²) in [5.41, 5.74) is 0.143. The number of aromatic nitrogens is 1. The molecule has 1 amide bonds. The Balaban J connectivity index is 2.71. The molecule has 6 heteroatoms. The number of aliphatic carboxylic acids is 1. The van der Waals surface area contributed by atoms with Crippen molar-refractivity contribution in [1.29, 1.82) is 0 Å². The van der Waals surface area contributed by atoms with Crippen molar-refractivity contribution in [3.05, 3.63) is 29.0 Å². The van der Waals surface area contributed by atoms with E-state index in [1.165, 1.54) is 18.3 Å². The number of nitrogens with one attached hydrogen (secondary N) is 1. The van der Waals surface area contributed by atoms with Gasteiger partial charge in [-0.05, 0) is 18.6 Å². The molecule has 1 aromatic rings. The number of carbonyl (C=O) groups excluding carboxylic acids is 1. The third-order valence-corrected chi connectivity index (χ3v) is 2.20. The molecule has 0 spiro atoms. The van der Waals surface area contributed by atoms with Crippen LogP contribution in [0.1, 0.15) is 23.8 Å². The summed E-state index contributed by atoms with van der Waals surface area (Å²) in [6, 6.07) is 2.06. The summed E-state index contributed by atoms with van der Waals surface area (Å²) in [5.74, 6) is -1.59. The standard InChI is InChI=1S/C10H11ClN2O3/c1-2-7(10(15)16)13-9(14)8-4-3-6(11)5-12-8/h3-5,7H,2H2,1H3,(H,13,14)(H,15,16). The van der Waals surface area contributed by atoms with E-state index in [0.29, 0.717) is 11.4 Å². The van der Waals surface area contributed by atoms with Gasteiger partial charge < -0.3 is 10.4 Å². The van der Waals surface area contributed by atoms with Crippen LogP contribution in [-0.4, -0.2) is 28.0 Å². The lowest BCUT2D eigenvalue weighted by Crippen LogP contribution is -2.40. The van der Waals surface area contributed by atoms with Crippen molar-refractivity contribution in [1.82, 2.24) is 10.3 Å². The Kier molecular flexibility index (Phi) is 4.25. The molecule has 0 fully saturated rings. The van der Waals surface area contributed by atoms with Gasteiger partial charge in [-0.3, -0.25) is 4.79 Å². The highest BCUT2D eigenvalue weighted by atomic mass is 35.5. The van der Waals surface area contributed by atoms with E-state index in [0.717, 1.165) is 0 Å². The number of hydrogen-bond acceptors (Lipinski definition) is 3. The average molecular weight is 243 g/mol. The van der Waals surface area contributed by atoms with Gasteiger partial charge in [0.1, 0.15) is 11.7 Å². The maximum Gasteiger partial charge on any atom is 0.326 e. The first-order chi connectivity index (χ1) is 7.54. The molecule has 1 rings (SSSR count). The molecule has 0 bridgehead atoms. The number of carbonyl (C=O) groups is 2. The van der Waals surface area contributed by atoms with Crippen molar-refractivity contribution >= 4 is 23.5 Å². The van der Waals surface area contributed by atoms with Crippen LogP contribution in [0.4, 0.5) is 0 Å². The summed E-state index contributed by atoms with van der Waals surface area (Å²) < 4.78 is 0. The quantitative estimate of drug-likeness (QED) is 0.835. The van der Waals surface area contributed by atoms with Crippen LogP contribution in [-0.2, 0) is 4.79 Å². The Morgan fingerprint density at radius 3 is 2.69 bits per heavy atom. The van der Waals surface area contributed by atoms with Gasteiger partial charge in [0.15, 0.2) is 0 Å². The van der Waals surface area contributed by atoms with Crippen molar-refractivity contribution in [2.45, 2.75) is 19.4 Å². The monoisotopic (exact) mass is 242 g/mol. The number of pyridine rings is 1. The van der Waals surface area contributed by atoms with E-state index in [1.807, 2.05) is 0 Å². The average Bonchev–Trinajstić information content (AvgIpc) is 2.26. The molecule has 0 aliphatic heterocycles. The number of rotatable bonds is 4. The van der Waals surface area contributed by atoms with Gasteiger partial charge in [-0.2, -0.15) is 0 Å². The minimum Gasteiger partial charge on any atom is -0.480 e. The number of carboxylic acid groups (broad SMARTS) is 1. The Bertz CT molecular complexity index is 392.